The summed E-state index contributed by atoms with van der Waals surface area (Å²) in [5, 5.41) is 0. The van der Waals surface area contributed by atoms with Gasteiger partial charge in [-0.05, 0) is 23.8 Å². The van der Waals surface area contributed by atoms with Crippen LogP contribution in [0, 0.1) is 0 Å². The van der Waals surface area contributed by atoms with Crippen LogP contribution in [0.4, 0.5) is 0 Å². The first-order valence-electron chi connectivity index (χ1n) is 10.0. The zero-order valence-electron chi connectivity index (χ0n) is 17.4. The van der Waals surface area contributed by atoms with Crippen LogP contribution in [0.2, 0.25) is 0 Å². The lowest BCUT2D eigenvalue weighted by molar-refractivity contribution is -0.935. The van der Waals surface area contributed by atoms with Gasteiger partial charge in [-0.1, -0.05) is 73.7 Å². The Balaban J connectivity index is 0.00000240. The molecule has 0 aliphatic heterocycles. The zero-order chi connectivity index (χ0) is 19.6. The summed E-state index contributed by atoms with van der Waals surface area (Å²) in [5.74, 6) is 0.395. The smallest absolute Gasteiger partial charge is 0.123 e. The third-order valence-electron chi connectivity index (χ3n) is 5.90. The van der Waals surface area contributed by atoms with Gasteiger partial charge in [-0.25, -0.2) is 0 Å². The van der Waals surface area contributed by atoms with Gasteiger partial charge in [0.05, 0.1) is 19.6 Å². The molecule has 3 heteroatoms. The van der Waals surface area contributed by atoms with Crippen molar-refractivity contribution in [2.45, 2.75) is 25.4 Å². The van der Waals surface area contributed by atoms with Crippen molar-refractivity contribution in [3.63, 3.8) is 0 Å². The van der Waals surface area contributed by atoms with Gasteiger partial charge in [0.25, 0.3) is 0 Å². The van der Waals surface area contributed by atoms with Crippen LogP contribution in [0.25, 0.3) is 5.52 Å². The molecule has 0 radical (unpaired) electrons. The fourth-order valence-corrected chi connectivity index (χ4v) is 4.67. The van der Waals surface area contributed by atoms with E-state index in [2.05, 4.69) is 123 Å². The van der Waals surface area contributed by atoms with Crippen LogP contribution in [-0.4, -0.2) is 23.0 Å². The summed E-state index contributed by atoms with van der Waals surface area (Å²) in [6.07, 6.45) is 4.33. The largest absolute Gasteiger partial charge is 1.00 e. The van der Waals surface area contributed by atoms with E-state index in [1.54, 1.807) is 0 Å². The molecule has 0 spiro atoms. The molecule has 2 aromatic carbocycles. The molecule has 29 heavy (non-hydrogen) atoms. The summed E-state index contributed by atoms with van der Waals surface area (Å²) < 4.78 is 3.14. The predicted molar refractivity (Wildman–Crippen MR) is 117 cm³/mol. The Labute approximate surface area is 180 Å². The number of fused-ring (bicyclic) bond motifs is 1. The fraction of sp³-hybridized carbons (Fsp3) is 0.231. The van der Waals surface area contributed by atoms with E-state index in [9.17, 15) is 0 Å². The Morgan fingerprint density at radius 1 is 0.759 bits per heavy atom. The highest BCUT2D eigenvalue weighted by molar-refractivity contribution is 5.57. The second kappa shape index (κ2) is 8.86. The van der Waals surface area contributed by atoms with Crippen molar-refractivity contribution < 1.29 is 16.9 Å². The second-order valence-electron chi connectivity index (χ2n) is 8.33. The number of quaternary nitrogens is 1. The van der Waals surface area contributed by atoms with Crippen LogP contribution < -0.4 is 12.4 Å². The number of hydrogen-bond donors (Lipinski definition) is 0. The third kappa shape index (κ3) is 4.39. The topological polar surface area (TPSA) is 4.41 Å². The second-order valence-corrected chi connectivity index (χ2v) is 8.33. The number of hydrogen-bond acceptors (Lipinski definition) is 0. The van der Waals surface area contributed by atoms with Crippen molar-refractivity contribution in [1.29, 1.82) is 0 Å². The van der Waals surface area contributed by atoms with E-state index in [4.69, 9.17) is 0 Å². The average Bonchev–Trinajstić information content (AvgIpc) is 3.13. The summed E-state index contributed by atoms with van der Waals surface area (Å²) in [7, 11) is 4.73. The van der Waals surface area contributed by atoms with Crippen molar-refractivity contribution in [1.82, 2.24) is 4.40 Å². The number of likely N-dealkylation sites (N-methyl/N-ethyl adjacent to an activating group) is 1. The maximum Gasteiger partial charge on any atom is 0.123 e. The predicted octanol–water partition coefficient (Wildman–Crippen LogP) is 3.06. The maximum absolute atomic E-state index is 2.37. The zero-order valence-corrected chi connectivity index (χ0v) is 18.1. The first-order valence-corrected chi connectivity index (χ1v) is 10.0. The van der Waals surface area contributed by atoms with Gasteiger partial charge in [-0.2, -0.15) is 0 Å². The minimum Gasteiger partial charge on any atom is -1.00 e. The first-order chi connectivity index (χ1) is 13.6. The molecule has 0 saturated heterocycles. The standard InChI is InChI=1S/C26H29N2.ClH/c1-21(23-14-8-5-9-15-23)26(24-17-19-27-18-11-10-16-25(24)27)28(2,3)20-22-12-6-4-7-13-22;/h4-19,21,26H,20H2,1-3H3;1H/q+1;/p-1. The average molecular weight is 405 g/mol. The molecule has 2 aromatic heterocycles. The van der Waals surface area contributed by atoms with Crippen LogP contribution in [0.15, 0.2) is 97.3 Å². The van der Waals surface area contributed by atoms with Crippen LogP contribution in [0.3, 0.4) is 0 Å². The summed E-state index contributed by atoms with van der Waals surface area (Å²) >= 11 is 0. The summed E-state index contributed by atoms with van der Waals surface area (Å²) in [6, 6.07) is 30.9. The monoisotopic (exact) mass is 404 g/mol. The lowest BCUT2D eigenvalue weighted by Crippen LogP contribution is -3.00. The van der Waals surface area contributed by atoms with E-state index in [1.807, 2.05) is 0 Å². The molecule has 2 atom stereocenters. The van der Waals surface area contributed by atoms with Gasteiger partial charge in [-0.3, -0.25) is 0 Å². The maximum atomic E-state index is 2.37. The summed E-state index contributed by atoms with van der Waals surface area (Å²) in [5.41, 5.74) is 5.48. The summed E-state index contributed by atoms with van der Waals surface area (Å²) in [4.78, 5) is 0. The fourth-order valence-electron chi connectivity index (χ4n) is 4.67. The Morgan fingerprint density at radius 2 is 1.38 bits per heavy atom. The molecule has 0 amide bonds. The Hall–Kier alpha value is -2.55. The molecule has 0 bridgehead atoms. The van der Waals surface area contributed by atoms with Gasteiger partial charge < -0.3 is 21.3 Å². The number of halogens is 1. The molecule has 0 fully saturated rings. The number of benzene rings is 2. The van der Waals surface area contributed by atoms with Gasteiger partial charge in [0, 0.05) is 29.4 Å². The van der Waals surface area contributed by atoms with Gasteiger partial charge in [0.1, 0.15) is 12.6 Å². The third-order valence-corrected chi connectivity index (χ3v) is 5.90. The van der Waals surface area contributed by atoms with Crippen LogP contribution in [0.5, 0.6) is 0 Å². The minimum atomic E-state index is 0. The van der Waals surface area contributed by atoms with Gasteiger partial charge in [0.2, 0.25) is 0 Å². The number of nitrogens with zero attached hydrogens (tertiary/aromatic N) is 2. The molecule has 0 aliphatic rings. The van der Waals surface area contributed by atoms with E-state index in [-0.39, 0.29) is 12.4 Å². The molecule has 2 heterocycles. The van der Waals surface area contributed by atoms with E-state index >= 15 is 0 Å². The molecule has 4 rings (SSSR count). The molecule has 2 unspecified atom stereocenters. The first kappa shape index (κ1) is 21.2. The lowest BCUT2D eigenvalue weighted by atomic mass is 9.86. The lowest BCUT2D eigenvalue weighted by Gasteiger charge is -2.41. The van der Waals surface area contributed by atoms with Gasteiger partial charge in [-0.15, -0.1) is 0 Å². The molecular formula is C26H29ClN2. The number of rotatable bonds is 6. The molecule has 0 saturated carbocycles. The quantitative estimate of drug-likeness (QED) is 0.435. The normalized spacial score (nSPS) is 13.6. The van der Waals surface area contributed by atoms with Crippen LogP contribution in [0.1, 0.15) is 35.6 Å². The number of pyridine rings is 1. The molecule has 0 aliphatic carbocycles. The van der Waals surface area contributed by atoms with E-state index in [0.29, 0.717) is 12.0 Å². The SMILES string of the molecule is CC(c1ccccc1)C(c1ccn2ccccc12)[N+](C)(C)Cc1ccccc1.[Cl-]. The Bertz CT molecular complexity index is 1040. The molecule has 4 aromatic rings. The highest BCUT2D eigenvalue weighted by atomic mass is 35.5. The highest BCUT2D eigenvalue weighted by Gasteiger charge is 2.37. The number of aromatic nitrogens is 1. The van der Waals surface area contributed by atoms with Crippen LogP contribution >= 0.6 is 0 Å². The van der Waals surface area contributed by atoms with Crippen molar-refractivity contribution in [3.05, 3.63) is 114 Å². The minimum absolute atomic E-state index is 0. The summed E-state index contributed by atoms with van der Waals surface area (Å²) in [6.45, 7) is 3.37. The highest BCUT2D eigenvalue weighted by Crippen LogP contribution is 2.41. The van der Waals surface area contributed by atoms with Crippen molar-refractivity contribution >= 4 is 5.52 Å². The van der Waals surface area contributed by atoms with E-state index in [1.165, 1.54) is 22.2 Å². The molecular weight excluding hydrogens is 376 g/mol. The van der Waals surface area contributed by atoms with Crippen LogP contribution in [-0.2, 0) is 6.54 Å². The van der Waals surface area contributed by atoms with Crippen molar-refractivity contribution in [3.8, 4) is 0 Å². The van der Waals surface area contributed by atoms with Crippen molar-refractivity contribution in [2.75, 3.05) is 14.1 Å². The van der Waals surface area contributed by atoms with Gasteiger partial charge in [0.15, 0.2) is 0 Å². The molecule has 2 nitrogen and oxygen atoms in total. The van der Waals surface area contributed by atoms with Crippen molar-refractivity contribution in [2.24, 2.45) is 0 Å². The van der Waals surface area contributed by atoms with E-state index < -0.39 is 0 Å². The Morgan fingerprint density at radius 3 is 2.07 bits per heavy atom. The van der Waals surface area contributed by atoms with E-state index in [0.717, 1.165) is 11.0 Å². The molecule has 0 N–H and O–H groups in total. The van der Waals surface area contributed by atoms with Gasteiger partial charge >= 0.3 is 0 Å². The molecule has 150 valence electrons. The Kier molecular flexibility index (Phi) is 6.46.